The maximum atomic E-state index is 15.5. The van der Waals surface area contributed by atoms with Gasteiger partial charge in [-0.25, -0.2) is 14.0 Å². The van der Waals surface area contributed by atoms with Crippen LogP contribution in [-0.2, 0) is 26.3 Å². The van der Waals surface area contributed by atoms with Crippen molar-refractivity contribution in [3.63, 3.8) is 0 Å². The fourth-order valence-electron chi connectivity index (χ4n) is 7.33. The molecule has 0 aromatic heterocycles. The van der Waals surface area contributed by atoms with Gasteiger partial charge in [0.2, 0.25) is 5.91 Å². The predicted molar refractivity (Wildman–Crippen MR) is 159 cm³/mol. The second kappa shape index (κ2) is 10.9. The Bertz CT molecular complexity index is 1460. The number of rotatable bonds is 6. The van der Waals surface area contributed by atoms with Crippen LogP contribution in [0.5, 0.6) is 0 Å². The molecule has 2 amide bonds. The van der Waals surface area contributed by atoms with E-state index in [2.05, 4.69) is 15.5 Å². The van der Waals surface area contributed by atoms with Gasteiger partial charge in [0.05, 0.1) is 11.7 Å². The van der Waals surface area contributed by atoms with Crippen LogP contribution in [0, 0.1) is 11.7 Å². The van der Waals surface area contributed by atoms with E-state index in [0.717, 1.165) is 43.4 Å². The van der Waals surface area contributed by atoms with Crippen LogP contribution in [0.15, 0.2) is 36.4 Å². The molecule has 10 heteroatoms. The van der Waals surface area contributed by atoms with Gasteiger partial charge in [0.25, 0.3) is 0 Å². The lowest BCUT2D eigenvalue weighted by Crippen LogP contribution is -2.57. The molecule has 3 heterocycles. The van der Waals surface area contributed by atoms with Gasteiger partial charge in [-0.3, -0.25) is 9.69 Å². The maximum absolute atomic E-state index is 15.5. The monoisotopic (exact) mass is 592 g/mol. The highest BCUT2D eigenvalue weighted by Gasteiger charge is 2.53. The third-order valence-electron chi connectivity index (χ3n) is 9.37. The smallest absolute Gasteiger partial charge is 0.411 e. The number of benzene rings is 2. The molecule has 6 rings (SSSR count). The van der Waals surface area contributed by atoms with Crippen molar-refractivity contribution < 1.29 is 28.2 Å². The molecule has 43 heavy (non-hydrogen) atoms. The van der Waals surface area contributed by atoms with E-state index in [1.807, 2.05) is 46.0 Å². The van der Waals surface area contributed by atoms with E-state index < -0.39 is 29.5 Å². The average Bonchev–Trinajstić information content (AvgIpc) is 3.72. The van der Waals surface area contributed by atoms with Gasteiger partial charge in [0, 0.05) is 37.5 Å². The Kier molecular flexibility index (Phi) is 7.49. The van der Waals surface area contributed by atoms with E-state index in [-0.39, 0.29) is 36.1 Å². The normalized spacial score (nSPS) is 27.0. The van der Waals surface area contributed by atoms with Gasteiger partial charge in [-0.1, -0.05) is 18.2 Å². The Morgan fingerprint density at radius 3 is 2.58 bits per heavy atom. The van der Waals surface area contributed by atoms with E-state index in [4.69, 9.17) is 9.47 Å². The number of nitrogens with one attached hydrogen (secondary N) is 2. The number of amides is 2. The minimum Gasteiger partial charge on any atom is -0.449 e. The van der Waals surface area contributed by atoms with Crippen LogP contribution in [0.1, 0.15) is 67.9 Å². The van der Waals surface area contributed by atoms with Crippen molar-refractivity contribution in [3.8, 4) is 11.1 Å². The number of fused-ring (bicyclic) bond motifs is 4. The van der Waals surface area contributed by atoms with E-state index in [1.165, 1.54) is 6.07 Å². The molecule has 1 aliphatic carbocycles. The van der Waals surface area contributed by atoms with E-state index in [0.29, 0.717) is 23.2 Å². The zero-order valence-corrected chi connectivity index (χ0v) is 25.5. The lowest BCUT2D eigenvalue weighted by molar-refractivity contribution is -0.128. The second-order valence-corrected chi connectivity index (χ2v) is 13.6. The Balaban J connectivity index is 1.16. The van der Waals surface area contributed by atoms with Crippen molar-refractivity contribution in [2.24, 2.45) is 5.92 Å². The van der Waals surface area contributed by atoms with Crippen LogP contribution in [0.2, 0.25) is 0 Å². The first kappa shape index (κ1) is 29.6. The van der Waals surface area contributed by atoms with Gasteiger partial charge in [-0.05, 0) is 94.9 Å². The molecule has 230 valence electrons. The molecule has 1 spiro atoms. The summed E-state index contributed by atoms with van der Waals surface area (Å²) in [7, 11) is 3.72. The number of hydrogen-bond acceptors (Lipinski definition) is 7. The zero-order chi connectivity index (χ0) is 30.7. The van der Waals surface area contributed by atoms with Crippen LogP contribution in [0.3, 0.4) is 0 Å². The van der Waals surface area contributed by atoms with Crippen LogP contribution in [-0.4, -0.2) is 78.8 Å². The lowest BCUT2D eigenvalue weighted by Gasteiger charge is -2.36. The van der Waals surface area contributed by atoms with E-state index in [9.17, 15) is 14.4 Å². The van der Waals surface area contributed by atoms with Crippen molar-refractivity contribution >= 4 is 18.0 Å². The topological polar surface area (TPSA) is 100 Å². The highest BCUT2D eigenvalue weighted by Crippen LogP contribution is 2.45. The zero-order valence-electron chi connectivity index (χ0n) is 25.5. The predicted octanol–water partition coefficient (Wildman–Crippen LogP) is 4.19. The minimum atomic E-state index is -0.656. The number of carbonyl (C=O) groups excluding carboxylic acids is 3. The molecule has 2 aromatic rings. The summed E-state index contributed by atoms with van der Waals surface area (Å²) in [4.78, 5) is 42.8. The van der Waals surface area contributed by atoms with E-state index >= 15 is 4.39 Å². The van der Waals surface area contributed by atoms with Gasteiger partial charge >= 0.3 is 12.1 Å². The summed E-state index contributed by atoms with van der Waals surface area (Å²) in [5, 5.41) is 6.10. The fraction of sp³-hybridized carbons (Fsp3) is 0.545. The fourth-order valence-corrected chi connectivity index (χ4v) is 7.33. The largest absolute Gasteiger partial charge is 0.449 e. The van der Waals surface area contributed by atoms with Crippen molar-refractivity contribution in [3.05, 3.63) is 58.9 Å². The quantitative estimate of drug-likeness (QED) is 0.384. The van der Waals surface area contributed by atoms with Crippen molar-refractivity contribution in [2.75, 3.05) is 27.2 Å². The van der Waals surface area contributed by atoms with Crippen LogP contribution >= 0.6 is 0 Å². The molecule has 5 atom stereocenters. The highest BCUT2D eigenvalue weighted by molar-refractivity contribution is 5.96. The van der Waals surface area contributed by atoms with Crippen molar-refractivity contribution in [2.45, 2.75) is 82.3 Å². The molecular weight excluding hydrogens is 551 g/mol. The SMILES string of the molecule is CN[C@H](Cc1ccc(-c2ccc3c(c2)C2(CCN(C)C2)OC3=O)cc1F)NC(=O)[C@@H]1[C@H]2CC[C@H](C2)N1C(=O)OC(C)(C)C. The summed E-state index contributed by atoms with van der Waals surface area (Å²) >= 11 is 0. The molecule has 4 aliphatic rings. The van der Waals surface area contributed by atoms with Gasteiger partial charge in [-0.2, -0.15) is 0 Å². The molecule has 3 fully saturated rings. The molecule has 3 aliphatic heterocycles. The Labute approximate surface area is 252 Å². The summed E-state index contributed by atoms with van der Waals surface area (Å²) < 4.78 is 27.0. The molecule has 2 saturated heterocycles. The molecule has 9 nitrogen and oxygen atoms in total. The van der Waals surface area contributed by atoms with Crippen LogP contribution in [0.25, 0.3) is 11.1 Å². The average molecular weight is 593 g/mol. The summed E-state index contributed by atoms with van der Waals surface area (Å²) in [6.07, 6.45) is 2.51. The van der Waals surface area contributed by atoms with Crippen LogP contribution < -0.4 is 10.6 Å². The standard InChI is InChI=1S/C33H41FN4O5/c1-32(2,3)43-31(41)38-23-10-8-22(14-23)28(38)29(39)36-27(35-4)17-21-7-6-20(16-26(21)34)19-9-11-24-25(15-19)33(42-30(24)40)12-13-37(5)18-33/h6-7,9,11,15-16,22-23,27-28,35H,8,10,12-14,17-18H2,1-5H3,(H,36,39)/t22-,23+,27-,28-,33?/m0/s1. The first-order valence-electron chi connectivity index (χ1n) is 15.2. The number of nitrogens with zero attached hydrogens (tertiary/aromatic N) is 2. The molecule has 0 radical (unpaired) electrons. The number of likely N-dealkylation sites (tertiary alicyclic amines) is 2. The molecule has 2 N–H and O–H groups in total. The summed E-state index contributed by atoms with van der Waals surface area (Å²) in [6.45, 7) is 6.92. The van der Waals surface area contributed by atoms with Crippen molar-refractivity contribution in [1.82, 2.24) is 20.4 Å². The molecule has 1 unspecified atom stereocenters. The second-order valence-electron chi connectivity index (χ2n) is 13.6. The number of likely N-dealkylation sites (N-methyl/N-ethyl adjacent to an activating group) is 2. The Morgan fingerprint density at radius 1 is 1.16 bits per heavy atom. The molecule has 1 saturated carbocycles. The maximum Gasteiger partial charge on any atom is 0.411 e. The van der Waals surface area contributed by atoms with E-state index in [1.54, 1.807) is 24.1 Å². The summed E-state index contributed by atoms with van der Waals surface area (Å²) in [5.41, 5.74) is 2.10. The van der Waals surface area contributed by atoms with Crippen molar-refractivity contribution in [1.29, 1.82) is 0 Å². The first-order valence-corrected chi connectivity index (χ1v) is 15.2. The van der Waals surface area contributed by atoms with Gasteiger partial charge in [-0.15, -0.1) is 0 Å². The van der Waals surface area contributed by atoms with Gasteiger partial charge < -0.3 is 25.0 Å². The van der Waals surface area contributed by atoms with Gasteiger partial charge in [0.1, 0.15) is 17.5 Å². The first-order chi connectivity index (χ1) is 20.4. The number of halogens is 1. The summed E-state index contributed by atoms with van der Waals surface area (Å²) in [6, 6.07) is 10.0. The Hall–Kier alpha value is -3.50. The number of ether oxygens (including phenoxy) is 2. The molecular formula is C33H41FN4O5. The third kappa shape index (κ3) is 5.51. The number of carbonyl (C=O) groups is 3. The van der Waals surface area contributed by atoms with Gasteiger partial charge in [0.15, 0.2) is 5.60 Å². The Morgan fingerprint density at radius 2 is 1.91 bits per heavy atom. The number of hydrogen-bond donors (Lipinski definition) is 2. The highest BCUT2D eigenvalue weighted by atomic mass is 19.1. The minimum absolute atomic E-state index is 0.00183. The van der Waals surface area contributed by atoms with Crippen LogP contribution in [0.4, 0.5) is 9.18 Å². The molecule has 2 aromatic carbocycles. The summed E-state index contributed by atoms with van der Waals surface area (Å²) in [5.74, 6) is -0.859. The third-order valence-corrected chi connectivity index (χ3v) is 9.37. The number of piperidine rings is 1. The lowest BCUT2D eigenvalue weighted by atomic mass is 9.88. The number of esters is 1. The molecule has 2 bridgehead atoms.